The lowest BCUT2D eigenvalue weighted by molar-refractivity contribution is 0.0953. The van der Waals surface area contributed by atoms with E-state index in [0.29, 0.717) is 18.7 Å². The molecule has 2 aliphatic rings. The van der Waals surface area contributed by atoms with Crippen molar-refractivity contribution in [2.45, 2.75) is 45.8 Å². The summed E-state index contributed by atoms with van der Waals surface area (Å²) in [7, 11) is 1.63. The number of amides is 1. The van der Waals surface area contributed by atoms with Crippen LogP contribution >= 0.6 is 0 Å². The Hall–Kier alpha value is -2.34. The predicted molar refractivity (Wildman–Crippen MR) is 102 cm³/mol. The number of benzene rings is 1. The van der Waals surface area contributed by atoms with E-state index in [1.807, 2.05) is 25.1 Å². The van der Waals surface area contributed by atoms with Crippen molar-refractivity contribution in [3.05, 3.63) is 46.3 Å². The summed E-state index contributed by atoms with van der Waals surface area (Å²) in [5.74, 6) is 1.50. The highest BCUT2D eigenvalue weighted by atomic mass is 16.5. The summed E-state index contributed by atoms with van der Waals surface area (Å²) in [5.41, 5.74) is 5.22. The Kier molecular flexibility index (Phi) is 5.16. The van der Waals surface area contributed by atoms with Gasteiger partial charge in [-0.05, 0) is 49.4 Å². The van der Waals surface area contributed by atoms with Gasteiger partial charge in [0.2, 0.25) is 0 Å². The van der Waals surface area contributed by atoms with Gasteiger partial charge in [0.1, 0.15) is 5.75 Å². The van der Waals surface area contributed by atoms with Crippen molar-refractivity contribution in [2.24, 2.45) is 5.92 Å². The summed E-state index contributed by atoms with van der Waals surface area (Å²) in [4.78, 5) is 12.5. The average molecular weight is 369 g/mol. The van der Waals surface area contributed by atoms with Crippen molar-refractivity contribution in [3.63, 3.8) is 0 Å². The summed E-state index contributed by atoms with van der Waals surface area (Å²) < 4.78 is 13.0. The van der Waals surface area contributed by atoms with Gasteiger partial charge >= 0.3 is 0 Å². The quantitative estimate of drug-likeness (QED) is 0.815. The number of nitrogens with zero attached hydrogens (tertiary/aromatic N) is 2. The topological polar surface area (TPSA) is 65.4 Å². The number of aryl methyl sites for hydroxylation is 1. The first-order valence-electron chi connectivity index (χ1n) is 9.73. The van der Waals surface area contributed by atoms with E-state index in [9.17, 15) is 4.79 Å². The number of carbonyl (C=O) groups excluding carboxylic acids is 1. The molecule has 1 aromatic carbocycles. The molecule has 0 unspecified atom stereocenters. The normalized spacial score (nSPS) is 16.1. The van der Waals surface area contributed by atoms with E-state index in [0.717, 1.165) is 48.9 Å². The summed E-state index contributed by atoms with van der Waals surface area (Å²) in [6.45, 7) is 4.93. The second kappa shape index (κ2) is 7.72. The second-order valence-electron chi connectivity index (χ2n) is 7.49. The van der Waals surface area contributed by atoms with Crippen molar-refractivity contribution < 1.29 is 14.3 Å². The zero-order chi connectivity index (χ0) is 18.8. The number of hydrogen-bond acceptors (Lipinski definition) is 4. The molecule has 0 saturated heterocycles. The van der Waals surface area contributed by atoms with Gasteiger partial charge in [-0.3, -0.25) is 9.48 Å². The number of fused-ring (bicyclic) bond motifs is 1. The van der Waals surface area contributed by atoms with Gasteiger partial charge in [0.15, 0.2) is 0 Å². The fraction of sp³-hybridized carbons (Fsp3) is 0.524. The van der Waals surface area contributed by atoms with Gasteiger partial charge in [-0.15, -0.1) is 0 Å². The highest BCUT2D eigenvalue weighted by Gasteiger charge is 2.27. The van der Waals surface area contributed by atoms with E-state index in [4.69, 9.17) is 14.6 Å². The maximum atomic E-state index is 12.5. The molecule has 1 aliphatic carbocycles. The Labute approximate surface area is 159 Å². The monoisotopic (exact) mass is 369 g/mol. The van der Waals surface area contributed by atoms with Crippen LogP contribution in [-0.4, -0.2) is 35.9 Å². The number of rotatable bonds is 7. The van der Waals surface area contributed by atoms with Crippen LogP contribution in [-0.2, 0) is 30.7 Å². The Morgan fingerprint density at radius 2 is 2.26 bits per heavy atom. The third-order valence-electron chi connectivity index (χ3n) is 5.43. The first-order valence-corrected chi connectivity index (χ1v) is 9.73. The SMILES string of the molecule is COc1ccc(C(=O)NCCc2nn(CC3CC3)c3c2COCC3)c(C)c1. The van der Waals surface area contributed by atoms with Crippen LogP contribution in [0.1, 0.15) is 45.7 Å². The molecule has 1 saturated carbocycles. The van der Waals surface area contributed by atoms with Crippen LogP contribution in [0.3, 0.4) is 0 Å². The largest absolute Gasteiger partial charge is 0.497 e. The molecular weight excluding hydrogens is 342 g/mol. The van der Waals surface area contributed by atoms with Crippen LogP contribution in [0, 0.1) is 12.8 Å². The van der Waals surface area contributed by atoms with Crippen molar-refractivity contribution in [1.29, 1.82) is 0 Å². The summed E-state index contributed by atoms with van der Waals surface area (Å²) in [6.07, 6.45) is 4.30. The molecule has 6 heteroatoms. The molecule has 2 heterocycles. The minimum atomic E-state index is -0.0577. The van der Waals surface area contributed by atoms with Crippen LogP contribution in [0.15, 0.2) is 18.2 Å². The lowest BCUT2D eigenvalue weighted by Gasteiger charge is -2.15. The summed E-state index contributed by atoms with van der Waals surface area (Å²) in [6, 6.07) is 5.50. The van der Waals surface area contributed by atoms with Crippen LogP contribution in [0.5, 0.6) is 5.75 Å². The van der Waals surface area contributed by atoms with Gasteiger partial charge in [0, 0.05) is 42.8 Å². The Morgan fingerprint density at radius 3 is 3.00 bits per heavy atom. The molecule has 0 spiro atoms. The van der Waals surface area contributed by atoms with E-state index < -0.39 is 0 Å². The maximum absolute atomic E-state index is 12.5. The van der Waals surface area contributed by atoms with Gasteiger partial charge in [-0.1, -0.05) is 0 Å². The highest BCUT2D eigenvalue weighted by molar-refractivity contribution is 5.95. The smallest absolute Gasteiger partial charge is 0.251 e. The highest BCUT2D eigenvalue weighted by Crippen LogP contribution is 2.32. The summed E-state index contributed by atoms with van der Waals surface area (Å²) in [5, 5.41) is 7.88. The molecule has 0 radical (unpaired) electrons. The van der Waals surface area contributed by atoms with Gasteiger partial charge < -0.3 is 14.8 Å². The molecule has 1 aromatic heterocycles. The molecule has 4 rings (SSSR count). The number of carbonyl (C=O) groups is 1. The number of ether oxygens (including phenoxy) is 2. The standard InChI is InChI=1S/C21H27N3O3/c1-14-11-16(26-2)5-6-17(14)21(25)22-9-7-19-18-13-27-10-8-20(18)24(23-19)12-15-3-4-15/h5-6,11,15H,3-4,7-10,12-13H2,1-2H3,(H,22,25). The lowest BCUT2D eigenvalue weighted by Crippen LogP contribution is -2.26. The van der Waals surface area contributed by atoms with Crippen molar-refractivity contribution in [1.82, 2.24) is 15.1 Å². The molecule has 0 atom stereocenters. The fourth-order valence-corrected chi connectivity index (χ4v) is 3.68. The van der Waals surface area contributed by atoms with Crippen molar-refractivity contribution in [3.8, 4) is 5.75 Å². The van der Waals surface area contributed by atoms with Crippen LogP contribution in [0.2, 0.25) is 0 Å². The zero-order valence-corrected chi connectivity index (χ0v) is 16.1. The molecule has 6 nitrogen and oxygen atoms in total. The van der Waals surface area contributed by atoms with E-state index in [1.165, 1.54) is 24.1 Å². The van der Waals surface area contributed by atoms with Gasteiger partial charge in [-0.2, -0.15) is 5.10 Å². The van der Waals surface area contributed by atoms with Gasteiger partial charge in [-0.25, -0.2) is 0 Å². The number of aromatic nitrogens is 2. The van der Waals surface area contributed by atoms with Crippen LogP contribution < -0.4 is 10.1 Å². The number of nitrogens with one attached hydrogen (secondary N) is 1. The third kappa shape index (κ3) is 4.00. The molecule has 144 valence electrons. The van der Waals surface area contributed by atoms with Gasteiger partial charge in [0.05, 0.1) is 26.0 Å². The van der Waals surface area contributed by atoms with E-state index in [-0.39, 0.29) is 5.91 Å². The summed E-state index contributed by atoms with van der Waals surface area (Å²) >= 11 is 0. The molecule has 1 aliphatic heterocycles. The van der Waals surface area contributed by atoms with Crippen molar-refractivity contribution in [2.75, 3.05) is 20.3 Å². The predicted octanol–water partition coefficient (Wildman–Crippen LogP) is 2.66. The molecule has 27 heavy (non-hydrogen) atoms. The van der Waals surface area contributed by atoms with Crippen LogP contribution in [0.25, 0.3) is 0 Å². The second-order valence-corrected chi connectivity index (χ2v) is 7.49. The average Bonchev–Trinajstić information content (AvgIpc) is 3.43. The fourth-order valence-electron chi connectivity index (χ4n) is 3.68. The Balaban J connectivity index is 1.40. The van der Waals surface area contributed by atoms with E-state index in [2.05, 4.69) is 10.00 Å². The molecule has 1 fully saturated rings. The molecular formula is C21H27N3O3. The zero-order valence-electron chi connectivity index (χ0n) is 16.1. The van der Waals surface area contributed by atoms with E-state index in [1.54, 1.807) is 7.11 Å². The molecule has 2 aromatic rings. The molecule has 1 N–H and O–H groups in total. The molecule has 0 bridgehead atoms. The molecule has 1 amide bonds. The van der Waals surface area contributed by atoms with E-state index >= 15 is 0 Å². The minimum Gasteiger partial charge on any atom is -0.497 e. The number of methoxy groups -OCH3 is 1. The van der Waals surface area contributed by atoms with Gasteiger partial charge in [0.25, 0.3) is 5.91 Å². The van der Waals surface area contributed by atoms with Crippen LogP contribution in [0.4, 0.5) is 0 Å². The minimum absolute atomic E-state index is 0.0577. The van der Waals surface area contributed by atoms with Crippen molar-refractivity contribution >= 4 is 5.91 Å². The first kappa shape index (κ1) is 18.0. The Morgan fingerprint density at radius 1 is 1.41 bits per heavy atom. The number of hydrogen-bond donors (Lipinski definition) is 1. The Bertz CT molecular complexity index is 839. The maximum Gasteiger partial charge on any atom is 0.251 e. The first-order chi connectivity index (χ1) is 13.2. The third-order valence-corrected chi connectivity index (χ3v) is 5.43. The lowest BCUT2D eigenvalue weighted by atomic mass is 10.1.